The van der Waals surface area contributed by atoms with Crippen LogP contribution in [0.25, 0.3) is 0 Å². The Morgan fingerprint density at radius 1 is 1.04 bits per heavy atom. The molecule has 0 aliphatic rings. The fourth-order valence-electron chi connectivity index (χ4n) is 2.70. The molecule has 0 fully saturated rings. The predicted molar refractivity (Wildman–Crippen MR) is 114 cm³/mol. The molecule has 0 saturated carbocycles. The zero-order chi connectivity index (χ0) is 20.2. The normalized spacial score (nSPS) is 12.2. The van der Waals surface area contributed by atoms with Gasteiger partial charge in [-0.15, -0.1) is 0 Å². The van der Waals surface area contributed by atoms with Crippen LogP contribution in [-0.4, -0.2) is 38.6 Å². The number of ether oxygens (including phenoxy) is 1. The van der Waals surface area contributed by atoms with Gasteiger partial charge in [0.2, 0.25) is 5.91 Å². The molecule has 0 heterocycles. The number of amides is 1. The van der Waals surface area contributed by atoms with E-state index in [0.29, 0.717) is 12.5 Å². The first kappa shape index (κ1) is 21.3. The predicted octanol–water partition coefficient (Wildman–Crippen LogP) is 2.50. The number of hydrogen-bond acceptors (Lipinski definition) is 3. The van der Waals surface area contributed by atoms with Gasteiger partial charge < -0.3 is 20.7 Å². The lowest BCUT2D eigenvalue weighted by molar-refractivity contribution is -0.120. The van der Waals surface area contributed by atoms with E-state index in [1.54, 1.807) is 14.2 Å². The number of nitrogens with zero attached hydrogens (tertiary/aromatic N) is 1. The summed E-state index contributed by atoms with van der Waals surface area (Å²) in [5.74, 6) is 1.34. The summed E-state index contributed by atoms with van der Waals surface area (Å²) in [6, 6.07) is 18.3. The van der Waals surface area contributed by atoms with Crippen LogP contribution in [0, 0.1) is 0 Å². The van der Waals surface area contributed by atoms with Gasteiger partial charge in [-0.2, -0.15) is 0 Å². The molecule has 1 atom stereocenters. The van der Waals surface area contributed by atoms with E-state index >= 15 is 0 Å². The molecule has 6 heteroatoms. The number of rotatable bonds is 9. The Morgan fingerprint density at radius 2 is 1.75 bits per heavy atom. The Balaban J connectivity index is 1.67. The largest absolute Gasteiger partial charge is 0.497 e. The molecule has 2 rings (SSSR count). The van der Waals surface area contributed by atoms with Crippen molar-refractivity contribution in [3.05, 3.63) is 65.7 Å². The van der Waals surface area contributed by atoms with E-state index in [1.807, 2.05) is 30.3 Å². The molecule has 1 amide bonds. The lowest BCUT2D eigenvalue weighted by atomic mass is 10.1. The molecule has 0 spiro atoms. The summed E-state index contributed by atoms with van der Waals surface area (Å²) in [7, 11) is 3.33. The number of hydrogen-bond donors (Lipinski definition) is 3. The van der Waals surface area contributed by atoms with Crippen molar-refractivity contribution < 1.29 is 9.53 Å². The van der Waals surface area contributed by atoms with Gasteiger partial charge in [-0.3, -0.25) is 9.79 Å². The quantitative estimate of drug-likeness (QED) is 0.460. The van der Waals surface area contributed by atoms with Gasteiger partial charge in [0.25, 0.3) is 0 Å². The molecule has 6 nitrogen and oxygen atoms in total. The molecule has 0 aliphatic heterocycles. The van der Waals surface area contributed by atoms with Crippen LogP contribution in [0.3, 0.4) is 0 Å². The number of carbonyl (C=O) groups excluding carboxylic acids is 1. The van der Waals surface area contributed by atoms with E-state index < -0.39 is 0 Å². The fourth-order valence-corrected chi connectivity index (χ4v) is 2.70. The minimum absolute atomic E-state index is 0.0873. The van der Waals surface area contributed by atoms with Crippen LogP contribution in [0.2, 0.25) is 0 Å². The van der Waals surface area contributed by atoms with Crippen molar-refractivity contribution in [3.8, 4) is 5.75 Å². The van der Waals surface area contributed by atoms with E-state index in [4.69, 9.17) is 4.74 Å². The van der Waals surface area contributed by atoms with E-state index in [1.165, 1.54) is 5.56 Å². The van der Waals surface area contributed by atoms with Crippen molar-refractivity contribution in [1.82, 2.24) is 16.0 Å². The minimum atomic E-state index is -0.0873. The van der Waals surface area contributed by atoms with Gasteiger partial charge in [0, 0.05) is 19.6 Å². The number of aryl methyl sites for hydroxylation is 1. The molecule has 28 heavy (non-hydrogen) atoms. The molecule has 2 aromatic rings. The summed E-state index contributed by atoms with van der Waals surface area (Å²) >= 11 is 0. The molecule has 150 valence electrons. The monoisotopic (exact) mass is 382 g/mol. The number of benzene rings is 2. The smallest absolute Gasteiger partial charge is 0.239 e. The number of nitrogens with one attached hydrogen (secondary N) is 3. The highest BCUT2D eigenvalue weighted by atomic mass is 16.5. The maximum atomic E-state index is 12.1. The molecule has 1 unspecified atom stereocenters. The number of guanidine groups is 1. The standard InChI is InChI=1S/C22H30N4O2/c1-17(9-10-18-7-5-4-6-8-18)26-22(23-2)25-16-21(27)24-15-19-11-13-20(28-3)14-12-19/h4-8,11-14,17H,9-10,15-16H2,1-3H3,(H,24,27)(H2,23,25,26). The number of aliphatic imine (C=N–C) groups is 1. The molecule has 0 bridgehead atoms. The Hall–Kier alpha value is -3.02. The summed E-state index contributed by atoms with van der Waals surface area (Å²) in [5.41, 5.74) is 2.34. The van der Waals surface area contributed by atoms with Crippen LogP contribution in [0.4, 0.5) is 0 Å². The van der Waals surface area contributed by atoms with Crippen LogP contribution in [0.15, 0.2) is 59.6 Å². The summed E-state index contributed by atoms with van der Waals surface area (Å²) < 4.78 is 5.13. The third-order valence-corrected chi connectivity index (χ3v) is 4.38. The lowest BCUT2D eigenvalue weighted by Crippen LogP contribution is -2.46. The minimum Gasteiger partial charge on any atom is -0.497 e. The second-order valence-corrected chi connectivity index (χ2v) is 6.62. The maximum absolute atomic E-state index is 12.1. The van der Waals surface area contributed by atoms with Crippen LogP contribution >= 0.6 is 0 Å². The van der Waals surface area contributed by atoms with Gasteiger partial charge in [0.1, 0.15) is 5.75 Å². The van der Waals surface area contributed by atoms with Gasteiger partial charge in [0.05, 0.1) is 13.7 Å². The van der Waals surface area contributed by atoms with Crippen LogP contribution in [-0.2, 0) is 17.8 Å². The zero-order valence-corrected chi connectivity index (χ0v) is 16.9. The molecule has 2 aromatic carbocycles. The molecule has 0 aliphatic carbocycles. The zero-order valence-electron chi connectivity index (χ0n) is 16.9. The van der Waals surface area contributed by atoms with Gasteiger partial charge in [0.15, 0.2) is 5.96 Å². The van der Waals surface area contributed by atoms with Crippen molar-refractivity contribution >= 4 is 11.9 Å². The molecule has 3 N–H and O–H groups in total. The second-order valence-electron chi connectivity index (χ2n) is 6.62. The van der Waals surface area contributed by atoms with E-state index in [2.05, 4.69) is 52.1 Å². The molecule has 0 saturated heterocycles. The second kappa shape index (κ2) is 11.6. The molecular formula is C22H30N4O2. The summed E-state index contributed by atoms with van der Waals surface area (Å²) in [6.07, 6.45) is 1.97. The van der Waals surface area contributed by atoms with Crippen LogP contribution < -0.4 is 20.7 Å². The van der Waals surface area contributed by atoms with Crippen molar-refractivity contribution in [2.24, 2.45) is 4.99 Å². The van der Waals surface area contributed by atoms with E-state index in [0.717, 1.165) is 24.2 Å². The Kier molecular flexibility index (Phi) is 8.85. The molecular weight excluding hydrogens is 352 g/mol. The molecule has 0 aromatic heterocycles. The average Bonchev–Trinajstić information content (AvgIpc) is 2.74. The highest BCUT2D eigenvalue weighted by Crippen LogP contribution is 2.10. The first-order valence-corrected chi connectivity index (χ1v) is 9.51. The van der Waals surface area contributed by atoms with Gasteiger partial charge in [-0.05, 0) is 43.0 Å². The van der Waals surface area contributed by atoms with E-state index in [-0.39, 0.29) is 18.5 Å². The van der Waals surface area contributed by atoms with Crippen molar-refractivity contribution in [2.75, 3.05) is 20.7 Å². The maximum Gasteiger partial charge on any atom is 0.239 e. The Labute approximate surface area is 167 Å². The van der Waals surface area contributed by atoms with Crippen LogP contribution in [0.5, 0.6) is 5.75 Å². The van der Waals surface area contributed by atoms with Crippen molar-refractivity contribution in [2.45, 2.75) is 32.4 Å². The summed E-state index contributed by atoms with van der Waals surface area (Å²) in [4.78, 5) is 16.3. The first-order valence-electron chi connectivity index (χ1n) is 9.51. The highest BCUT2D eigenvalue weighted by Gasteiger charge is 2.08. The van der Waals surface area contributed by atoms with Crippen molar-refractivity contribution in [3.63, 3.8) is 0 Å². The van der Waals surface area contributed by atoms with Crippen molar-refractivity contribution in [1.29, 1.82) is 0 Å². The SMILES string of the molecule is CN=C(NCC(=O)NCc1ccc(OC)cc1)NC(C)CCc1ccccc1. The average molecular weight is 383 g/mol. The third kappa shape index (κ3) is 7.70. The lowest BCUT2D eigenvalue weighted by Gasteiger charge is -2.18. The third-order valence-electron chi connectivity index (χ3n) is 4.38. The summed E-state index contributed by atoms with van der Waals surface area (Å²) in [5, 5.41) is 9.27. The summed E-state index contributed by atoms with van der Waals surface area (Å²) in [6.45, 7) is 2.75. The van der Waals surface area contributed by atoms with Gasteiger partial charge in [-0.25, -0.2) is 0 Å². The highest BCUT2D eigenvalue weighted by molar-refractivity contribution is 5.86. The van der Waals surface area contributed by atoms with Gasteiger partial charge in [-0.1, -0.05) is 42.5 Å². The first-order chi connectivity index (χ1) is 13.6. The van der Waals surface area contributed by atoms with E-state index in [9.17, 15) is 4.79 Å². The van der Waals surface area contributed by atoms with Gasteiger partial charge >= 0.3 is 0 Å². The fraction of sp³-hybridized carbons (Fsp3) is 0.364. The number of carbonyl (C=O) groups is 1. The Bertz CT molecular complexity index is 745. The molecule has 0 radical (unpaired) electrons. The Morgan fingerprint density at radius 3 is 2.39 bits per heavy atom. The number of methoxy groups -OCH3 is 1. The topological polar surface area (TPSA) is 74.8 Å². The van der Waals surface area contributed by atoms with Crippen LogP contribution in [0.1, 0.15) is 24.5 Å².